The molecule has 1 aromatic heterocycles. The summed E-state index contributed by atoms with van der Waals surface area (Å²) in [7, 11) is 0. The highest BCUT2D eigenvalue weighted by atomic mass is 16.6. The Kier molecular flexibility index (Phi) is 4.55. The van der Waals surface area contributed by atoms with E-state index in [2.05, 4.69) is 5.32 Å². The second kappa shape index (κ2) is 6.20. The summed E-state index contributed by atoms with van der Waals surface area (Å²) in [6.07, 6.45) is 3.46. The smallest absolute Gasteiger partial charge is 0.410 e. The van der Waals surface area contributed by atoms with E-state index < -0.39 is 5.60 Å². The molecule has 1 fully saturated rings. The Hall–Kier alpha value is -1.98. The third-order valence-electron chi connectivity index (χ3n) is 3.27. The van der Waals surface area contributed by atoms with Gasteiger partial charge in [-0.2, -0.15) is 0 Å². The summed E-state index contributed by atoms with van der Waals surface area (Å²) >= 11 is 0. The molecule has 2 heterocycles. The van der Waals surface area contributed by atoms with Gasteiger partial charge in [0.2, 0.25) is 0 Å². The molecule has 0 bridgehead atoms. The molecular formula is C15H22N2O4. The van der Waals surface area contributed by atoms with E-state index in [1.165, 1.54) is 12.5 Å². The van der Waals surface area contributed by atoms with Gasteiger partial charge in [0, 0.05) is 19.6 Å². The van der Waals surface area contributed by atoms with Crippen LogP contribution in [0.2, 0.25) is 0 Å². The van der Waals surface area contributed by atoms with Gasteiger partial charge in [0.1, 0.15) is 11.9 Å². The Morgan fingerprint density at radius 1 is 1.48 bits per heavy atom. The Labute approximate surface area is 124 Å². The van der Waals surface area contributed by atoms with Crippen LogP contribution in [-0.4, -0.2) is 42.1 Å². The molecule has 1 saturated heterocycles. The average molecular weight is 294 g/mol. The predicted octanol–water partition coefficient (Wildman–Crippen LogP) is 2.27. The van der Waals surface area contributed by atoms with Crippen molar-refractivity contribution in [2.75, 3.05) is 19.6 Å². The number of hydrogen-bond acceptors (Lipinski definition) is 4. The minimum atomic E-state index is -0.481. The van der Waals surface area contributed by atoms with Crippen molar-refractivity contribution in [3.63, 3.8) is 0 Å². The third kappa shape index (κ3) is 4.51. The van der Waals surface area contributed by atoms with Crippen LogP contribution in [0, 0.1) is 5.92 Å². The van der Waals surface area contributed by atoms with Crippen molar-refractivity contribution < 1.29 is 18.7 Å². The van der Waals surface area contributed by atoms with E-state index in [1.54, 1.807) is 11.0 Å². The quantitative estimate of drug-likeness (QED) is 0.928. The van der Waals surface area contributed by atoms with E-state index in [1.807, 2.05) is 20.8 Å². The number of likely N-dealkylation sites (tertiary alicyclic amines) is 1. The summed E-state index contributed by atoms with van der Waals surface area (Å²) < 4.78 is 10.2. The molecule has 1 aromatic rings. The number of ether oxygens (including phenoxy) is 1. The van der Waals surface area contributed by atoms with Crippen LogP contribution in [0.25, 0.3) is 0 Å². The molecule has 116 valence electrons. The molecular weight excluding hydrogens is 272 g/mol. The number of carbonyl (C=O) groups excluding carboxylic acids is 2. The Balaban J connectivity index is 1.75. The molecule has 21 heavy (non-hydrogen) atoms. The van der Waals surface area contributed by atoms with Crippen molar-refractivity contribution >= 4 is 12.0 Å². The molecule has 1 atom stereocenters. The number of nitrogens with one attached hydrogen (secondary N) is 1. The fraction of sp³-hybridized carbons (Fsp3) is 0.600. The molecule has 0 aromatic carbocycles. The van der Waals surface area contributed by atoms with Gasteiger partial charge in [-0.1, -0.05) is 0 Å². The first-order valence-corrected chi connectivity index (χ1v) is 7.13. The van der Waals surface area contributed by atoms with Gasteiger partial charge in [-0.05, 0) is 39.2 Å². The molecule has 0 spiro atoms. The van der Waals surface area contributed by atoms with Crippen LogP contribution in [0.1, 0.15) is 37.6 Å². The van der Waals surface area contributed by atoms with Gasteiger partial charge in [-0.25, -0.2) is 4.79 Å². The molecule has 1 N–H and O–H groups in total. The van der Waals surface area contributed by atoms with Crippen molar-refractivity contribution in [1.82, 2.24) is 10.2 Å². The zero-order valence-corrected chi connectivity index (χ0v) is 12.7. The lowest BCUT2D eigenvalue weighted by Gasteiger charge is -2.24. The van der Waals surface area contributed by atoms with E-state index >= 15 is 0 Å². The van der Waals surface area contributed by atoms with Gasteiger partial charge in [0.05, 0.1) is 11.8 Å². The number of carbonyl (C=O) groups is 2. The van der Waals surface area contributed by atoms with E-state index in [0.29, 0.717) is 25.2 Å². The summed E-state index contributed by atoms with van der Waals surface area (Å²) in [6.45, 7) is 7.38. The highest BCUT2D eigenvalue weighted by Crippen LogP contribution is 2.19. The second-order valence-electron chi connectivity index (χ2n) is 6.30. The third-order valence-corrected chi connectivity index (χ3v) is 3.27. The van der Waals surface area contributed by atoms with Crippen LogP contribution in [0.4, 0.5) is 4.79 Å². The Morgan fingerprint density at radius 3 is 2.86 bits per heavy atom. The minimum Gasteiger partial charge on any atom is -0.472 e. The Bertz CT molecular complexity index is 490. The maximum atomic E-state index is 11.9. The highest BCUT2D eigenvalue weighted by molar-refractivity contribution is 5.93. The largest absolute Gasteiger partial charge is 0.472 e. The Morgan fingerprint density at radius 2 is 2.24 bits per heavy atom. The van der Waals surface area contributed by atoms with Crippen molar-refractivity contribution in [2.24, 2.45) is 5.92 Å². The van der Waals surface area contributed by atoms with Crippen molar-refractivity contribution in [3.8, 4) is 0 Å². The van der Waals surface area contributed by atoms with Crippen molar-refractivity contribution in [1.29, 1.82) is 0 Å². The van der Waals surface area contributed by atoms with Crippen LogP contribution >= 0.6 is 0 Å². The molecule has 1 aliphatic heterocycles. The standard InChI is InChI=1S/C15H22N2O4/c1-15(2,3)21-14(19)17-6-4-11(9-17)8-16-13(18)12-5-7-20-10-12/h5,7,10-11H,4,6,8-9H2,1-3H3,(H,16,18)/t11-/m1/s1. The molecule has 0 saturated carbocycles. The second-order valence-corrected chi connectivity index (χ2v) is 6.30. The van der Waals surface area contributed by atoms with Crippen LogP contribution in [0.15, 0.2) is 23.0 Å². The molecule has 2 rings (SSSR count). The predicted molar refractivity (Wildman–Crippen MR) is 77.0 cm³/mol. The fourth-order valence-corrected chi connectivity index (χ4v) is 2.22. The lowest BCUT2D eigenvalue weighted by molar-refractivity contribution is 0.0288. The number of amides is 2. The zero-order valence-electron chi connectivity index (χ0n) is 12.7. The number of nitrogens with zero attached hydrogens (tertiary/aromatic N) is 1. The lowest BCUT2D eigenvalue weighted by Crippen LogP contribution is -2.36. The molecule has 6 nitrogen and oxygen atoms in total. The van der Waals surface area contributed by atoms with Crippen LogP contribution < -0.4 is 5.32 Å². The van der Waals surface area contributed by atoms with Crippen LogP contribution in [-0.2, 0) is 4.74 Å². The fourth-order valence-electron chi connectivity index (χ4n) is 2.22. The molecule has 2 amide bonds. The summed E-state index contributed by atoms with van der Waals surface area (Å²) in [5, 5.41) is 2.86. The van der Waals surface area contributed by atoms with E-state index in [0.717, 1.165) is 6.42 Å². The summed E-state index contributed by atoms with van der Waals surface area (Å²) in [5.41, 5.74) is 0.0296. The number of furan rings is 1. The van der Waals surface area contributed by atoms with Gasteiger partial charge in [-0.3, -0.25) is 4.79 Å². The number of rotatable bonds is 3. The topological polar surface area (TPSA) is 71.8 Å². The van der Waals surface area contributed by atoms with Crippen molar-refractivity contribution in [2.45, 2.75) is 32.8 Å². The minimum absolute atomic E-state index is 0.153. The van der Waals surface area contributed by atoms with Crippen LogP contribution in [0.5, 0.6) is 0 Å². The first kappa shape index (κ1) is 15.4. The maximum absolute atomic E-state index is 11.9. The highest BCUT2D eigenvalue weighted by Gasteiger charge is 2.29. The van der Waals surface area contributed by atoms with E-state index in [4.69, 9.17) is 9.15 Å². The molecule has 0 aliphatic carbocycles. The van der Waals surface area contributed by atoms with Crippen LogP contribution in [0.3, 0.4) is 0 Å². The van der Waals surface area contributed by atoms with E-state index in [-0.39, 0.29) is 17.9 Å². The molecule has 0 radical (unpaired) electrons. The molecule has 0 unspecified atom stereocenters. The summed E-state index contributed by atoms with van der Waals surface area (Å²) in [5.74, 6) is 0.104. The monoisotopic (exact) mass is 294 g/mol. The summed E-state index contributed by atoms with van der Waals surface area (Å²) in [4.78, 5) is 25.4. The molecule has 1 aliphatic rings. The number of hydrogen-bond donors (Lipinski definition) is 1. The van der Waals surface area contributed by atoms with Gasteiger partial charge >= 0.3 is 6.09 Å². The maximum Gasteiger partial charge on any atom is 0.410 e. The normalized spacial score (nSPS) is 18.6. The van der Waals surface area contributed by atoms with Gasteiger partial charge in [-0.15, -0.1) is 0 Å². The van der Waals surface area contributed by atoms with Gasteiger partial charge < -0.3 is 19.4 Å². The first-order valence-electron chi connectivity index (χ1n) is 7.13. The lowest BCUT2D eigenvalue weighted by atomic mass is 10.1. The van der Waals surface area contributed by atoms with Gasteiger partial charge in [0.15, 0.2) is 0 Å². The first-order chi connectivity index (χ1) is 9.85. The van der Waals surface area contributed by atoms with Gasteiger partial charge in [0.25, 0.3) is 5.91 Å². The average Bonchev–Trinajstić information content (AvgIpc) is 3.05. The SMILES string of the molecule is CC(C)(C)OC(=O)N1CC[C@H](CNC(=O)c2ccoc2)C1. The summed E-state index contributed by atoms with van der Waals surface area (Å²) in [6, 6.07) is 1.62. The van der Waals surface area contributed by atoms with Crippen molar-refractivity contribution in [3.05, 3.63) is 24.2 Å². The zero-order chi connectivity index (χ0) is 15.5. The molecule has 6 heteroatoms. The van der Waals surface area contributed by atoms with E-state index in [9.17, 15) is 9.59 Å².